The highest BCUT2D eigenvalue weighted by atomic mass is 28.3. The van der Waals surface area contributed by atoms with E-state index >= 15 is 0 Å². The van der Waals surface area contributed by atoms with Crippen LogP contribution in [0.3, 0.4) is 0 Å². The number of halogens is 1. The van der Waals surface area contributed by atoms with E-state index in [9.17, 15) is 9.18 Å². The third kappa shape index (κ3) is 7.37. The van der Waals surface area contributed by atoms with Crippen LogP contribution < -0.4 is 10.6 Å². The minimum absolute atomic E-state index is 0.0354. The molecule has 1 aliphatic rings. The van der Waals surface area contributed by atoms with Crippen molar-refractivity contribution in [2.75, 3.05) is 37.4 Å². The number of carbonyl (C=O) groups excluding carboxylic acids is 1. The normalized spacial score (nSPS) is 16.6. The fourth-order valence-electron chi connectivity index (χ4n) is 3.73. The summed E-state index contributed by atoms with van der Waals surface area (Å²) in [6, 6.07) is 2.65. The Morgan fingerprint density at radius 2 is 2.03 bits per heavy atom. The van der Waals surface area contributed by atoms with Crippen molar-refractivity contribution in [1.29, 1.82) is 0 Å². The van der Waals surface area contributed by atoms with Gasteiger partial charge in [-0.15, -0.1) is 0 Å². The number of nitrogens with two attached hydrogens (primary N) is 1. The zero-order chi connectivity index (χ0) is 26.0. The number of rotatable bonds is 8. The summed E-state index contributed by atoms with van der Waals surface area (Å²) in [5, 5.41) is 4.12. The topological polar surface area (TPSA) is 112 Å². The fraction of sp³-hybridized carbons (Fsp3) is 0.652. The van der Waals surface area contributed by atoms with Crippen LogP contribution in [0.5, 0.6) is 0 Å². The van der Waals surface area contributed by atoms with Gasteiger partial charge in [-0.1, -0.05) is 19.6 Å². The fourth-order valence-corrected chi connectivity index (χ4v) is 4.49. The van der Waals surface area contributed by atoms with Crippen molar-refractivity contribution in [1.82, 2.24) is 24.6 Å². The molecule has 0 spiro atoms. The monoisotopic (exact) mass is 507 g/mol. The lowest BCUT2D eigenvalue weighted by Crippen LogP contribution is -2.42. The van der Waals surface area contributed by atoms with Gasteiger partial charge in [-0.05, 0) is 33.2 Å². The van der Waals surface area contributed by atoms with Crippen molar-refractivity contribution in [2.45, 2.75) is 71.3 Å². The van der Waals surface area contributed by atoms with Crippen LogP contribution in [0.25, 0.3) is 11.4 Å². The molecule has 2 aromatic rings. The molecular formula is C23H38FN7O3Si. The first-order chi connectivity index (χ1) is 16.2. The molecule has 10 nitrogen and oxygen atoms in total. The van der Waals surface area contributed by atoms with Gasteiger partial charge in [-0.25, -0.2) is 18.9 Å². The van der Waals surface area contributed by atoms with Gasteiger partial charge in [-0.3, -0.25) is 0 Å². The Kier molecular flexibility index (Phi) is 8.05. The van der Waals surface area contributed by atoms with Gasteiger partial charge in [0.15, 0.2) is 5.82 Å². The molecule has 1 saturated heterocycles. The molecule has 1 atom stereocenters. The first-order valence-corrected chi connectivity index (χ1v) is 15.6. The number of amides is 1. The highest BCUT2D eigenvalue weighted by Crippen LogP contribution is 2.28. The molecule has 1 fully saturated rings. The zero-order valence-electron chi connectivity index (χ0n) is 21.8. The number of nitrogen functional groups attached to an aromatic ring is 1. The highest BCUT2D eigenvalue weighted by Gasteiger charge is 2.32. The van der Waals surface area contributed by atoms with Crippen molar-refractivity contribution < 1.29 is 18.7 Å². The predicted molar refractivity (Wildman–Crippen MR) is 136 cm³/mol. The van der Waals surface area contributed by atoms with Crippen molar-refractivity contribution in [3.63, 3.8) is 0 Å². The van der Waals surface area contributed by atoms with E-state index in [4.69, 9.17) is 15.2 Å². The van der Waals surface area contributed by atoms with Crippen LogP contribution in [0.15, 0.2) is 12.3 Å². The van der Waals surface area contributed by atoms with Gasteiger partial charge in [0.25, 0.3) is 0 Å². The van der Waals surface area contributed by atoms with Crippen molar-refractivity contribution in [3.05, 3.63) is 18.1 Å². The van der Waals surface area contributed by atoms with Gasteiger partial charge < -0.3 is 25.0 Å². The number of likely N-dealkylation sites (N-methyl/N-ethyl adjacent to an activating group) is 1. The van der Waals surface area contributed by atoms with Crippen molar-refractivity contribution in [3.8, 4) is 11.4 Å². The van der Waals surface area contributed by atoms with Crippen LogP contribution in [-0.4, -0.2) is 77.2 Å². The number of hydrogen-bond donors (Lipinski definition) is 1. The van der Waals surface area contributed by atoms with Crippen molar-refractivity contribution >= 4 is 25.9 Å². The van der Waals surface area contributed by atoms with Crippen LogP contribution in [-0.2, 0) is 16.2 Å². The van der Waals surface area contributed by atoms with E-state index in [1.165, 1.54) is 4.68 Å². The molecule has 2 aromatic heterocycles. The number of nitrogens with zero attached hydrogens (tertiary/aromatic N) is 6. The summed E-state index contributed by atoms with van der Waals surface area (Å²) < 4.78 is 27.4. The molecule has 0 radical (unpaired) electrons. The molecule has 1 aliphatic heterocycles. The minimum Gasteiger partial charge on any atom is -0.444 e. The highest BCUT2D eigenvalue weighted by molar-refractivity contribution is 6.76. The Balaban J connectivity index is 1.74. The lowest BCUT2D eigenvalue weighted by Gasteiger charge is -2.28. The van der Waals surface area contributed by atoms with Crippen LogP contribution in [0.4, 0.5) is 21.0 Å². The number of carbonyl (C=O) groups is 1. The van der Waals surface area contributed by atoms with E-state index in [1.807, 2.05) is 25.7 Å². The third-order valence-corrected chi connectivity index (χ3v) is 7.40. The summed E-state index contributed by atoms with van der Waals surface area (Å²) in [5.41, 5.74) is 5.98. The third-order valence-electron chi connectivity index (χ3n) is 5.69. The molecule has 0 aliphatic carbocycles. The molecule has 0 saturated carbocycles. The van der Waals surface area contributed by atoms with E-state index in [0.29, 0.717) is 31.2 Å². The summed E-state index contributed by atoms with van der Waals surface area (Å²) in [5.74, 6) is 0.0967. The maximum Gasteiger partial charge on any atom is 0.410 e. The van der Waals surface area contributed by atoms with E-state index < -0.39 is 19.5 Å². The molecule has 3 rings (SSSR count). The Morgan fingerprint density at radius 1 is 1.31 bits per heavy atom. The SMILES string of the molecule is CN(C(=O)OC(C)(C)C)[C@@H]1CCN(c2cc(-c3c(F)cnn3COCC[Si](C)(C)C)nc(N)n2)C1. The molecule has 12 heteroatoms. The molecular weight excluding hydrogens is 469 g/mol. The molecule has 1 amide bonds. The maximum absolute atomic E-state index is 14.7. The Bertz CT molecular complexity index is 1040. The second-order valence-electron chi connectivity index (χ2n) is 11.1. The Labute approximate surface area is 207 Å². The summed E-state index contributed by atoms with van der Waals surface area (Å²) in [4.78, 5) is 24.7. The second-order valence-corrected chi connectivity index (χ2v) is 16.8. The number of aromatic nitrogens is 4. The summed E-state index contributed by atoms with van der Waals surface area (Å²) >= 11 is 0. The molecule has 35 heavy (non-hydrogen) atoms. The number of hydrogen-bond acceptors (Lipinski definition) is 8. The molecule has 0 unspecified atom stereocenters. The average molecular weight is 508 g/mol. The summed E-state index contributed by atoms with van der Waals surface area (Å²) in [6.07, 6.45) is 1.52. The number of ether oxygens (including phenoxy) is 2. The lowest BCUT2D eigenvalue weighted by atomic mass is 10.2. The van der Waals surface area contributed by atoms with E-state index in [2.05, 4.69) is 34.7 Å². The van der Waals surface area contributed by atoms with Gasteiger partial charge in [-0.2, -0.15) is 10.1 Å². The minimum atomic E-state index is -1.23. The molecule has 194 valence electrons. The average Bonchev–Trinajstić information content (AvgIpc) is 3.35. The molecule has 0 bridgehead atoms. The molecule has 3 heterocycles. The Morgan fingerprint density at radius 3 is 2.69 bits per heavy atom. The molecule has 0 aromatic carbocycles. The smallest absolute Gasteiger partial charge is 0.410 e. The van der Waals surface area contributed by atoms with Crippen LogP contribution in [0, 0.1) is 5.82 Å². The largest absolute Gasteiger partial charge is 0.444 e. The van der Waals surface area contributed by atoms with Crippen LogP contribution in [0.2, 0.25) is 25.7 Å². The predicted octanol–water partition coefficient (Wildman–Crippen LogP) is 3.82. The van der Waals surface area contributed by atoms with Gasteiger partial charge in [0.1, 0.15) is 23.8 Å². The standard InChI is InChI=1S/C23H38FN7O3Si/c1-23(2,3)34-22(32)29(4)16-8-9-30(14-16)19-12-18(27-21(25)28-19)20-17(24)13-26-31(20)15-33-10-11-35(5,6)7/h12-13,16H,8-11,14-15H2,1-7H3,(H2,25,27,28)/t16-/m1/s1. The van der Waals surface area contributed by atoms with Gasteiger partial charge in [0.2, 0.25) is 5.95 Å². The zero-order valence-corrected chi connectivity index (χ0v) is 22.8. The lowest BCUT2D eigenvalue weighted by molar-refractivity contribution is 0.0238. The van der Waals surface area contributed by atoms with Gasteiger partial charge in [0.05, 0.1) is 17.9 Å². The first-order valence-electron chi connectivity index (χ1n) is 11.9. The molecule has 2 N–H and O–H groups in total. The van der Waals surface area contributed by atoms with Crippen molar-refractivity contribution in [2.24, 2.45) is 0 Å². The van der Waals surface area contributed by atoms with E-state index in [0.717, 1.165) is 18.7 Å². The summed E-state index contributed by atoms with van der Waals surface area (Å²) in [7, 11) is 0.500. The summed E-state index contributed by atoms with van der Waals surface area (Å²) in [6.45, 7) is 14.3. The van der Waals surface area contributed by atoms with E-state index in [1.54, 1.807) is 18.0 Å². The maximum atomic E-state index is 14.7. The van der Waals surface area contributed by atoms with Gasteiger partial charge >= 0.3 is 6.09 Å². The second kappa shape index (κ2) is 10.5. The quantitative estimate of drug-likeness (QED) is 0.424. The number of anilines is 2. The van der Waals surface area contributed by atoms with Crippen LogP contribution >= 0.6 is 0 Å². The van der Waals surface area contributed by atoms with Crippen LogP contribution in [0.1, 0.15) is 27.2 Å². The first kappa shape index (κ1) is 26.9. The van der Waals surface area contributed by atoms with E-state index in [-0.39, 0.29) is 30.5 Å². The van der Waals surface area contributed by atoms with Gasteiger partial charge in [0, 0.05) is 40.9 Å². The Hall–Kier alpha value is -2.73.